The monoisotopic (exact) mass is 389 g/mol. The summed E-state index contributed by atoms with van der Waals surface area (Å²) in [6, 6.07) is 10.7. The number of rotatable bonds is 6. The number of nitrogen functional groups attached to an aromatic ring is 1. The molecule has 0 amide bonds. The highest BCUT2D eigenvalue weighted by atomic mass is 79.9. The molecule has 0 unspecified atom stereocenters. The molecule has 0 saturated heterocycles. The second-order valence-corrected chi connectivity index (χ2v) is 5.98. The third-order valence-corrected chi connectivity index (χ3v) is 4.16. The Morgan fingerprint density at radius 1 is 0.952 bits per heavy atom. The van der Waals surface area contributed by atoms with Crippen molar-refractivity contribution in [2.75, 3.05) is 18.9 Å². The molecule has 0 atom stereocenters. The summed E-state index contributed by atoms with van der Waals surface area (Å²) in [6.45, 7) is 1.04. The molecule has 0 aliphatic heterocycles. The van der Waals surface area contributed by atoms with Crippen molar-refractivity contribution in [3.05, 3.63) is 50.9 Å². The molecule has 6 heteroatoms. The number of benzene rings is 2. The number of halogens is 3. The lowest BCUT2D eigenvalue weighted by Crippen LogP contribution is -2.05. The summed E-state index contributed by atoms with van der Waals surface area (Å²) in [5.41, 5.74) is 6.32. The quantitative estimate of drug-likeness (QED) is 0.419. The lowest BCUT2D eigenvalue weighted by atomic mass is 10.3. The first-order chi connectivity index (χ1) is 10.1. The number of anilines is 1. The van der Waals surface area contributed by atoms with Crippen LogP contribution in [0.2, 0.25) is 10.0 Å². The molecule has 0 aliphatic carbocycles. The van der Waals surface area contributed by atoms with E-state index in [1.165, 1.54) is 0 Å². The maximum absolute atomic E-state index is 6.07. The van der Waals surface area contributed by atoms with Gasteiger partial charge in [0.15, 0.2) is 0 Å². The van der Waals surface area contributed by atoms with E-state index < -0.39 is 0 Å². The van der Waals surface area contributed by atoms with Crippen molar-refractivity contribution in [1.29, 1.82) is 0 Å². The van der Waals surface area contributed by atoms with E-state index in [2.05, 4.69) is 15.9 Å². The van der Waals surface area contributed by atoms with Crippen LogP contribution in [0.4, 0.5) is 5.69 Å². The fourth-order valence-electron chi connectivity index (χ4n) is 1.61. The van der Waals surface area contributed by atoms with E-state index in [0.29, 0.717) is 34.7 Å². The topological polar surface area (TPSA) is 44.5 Å². The van der Waals surface area contributed by atoms with Gasteiger partial charge >= 0.3 is 0 Å². The highest BCUT2D eigenvalue weighted by molar-refractivity contribution is 9.10. The van der Waals surface area contributed by atoms with Gasteiger partial charge in [0, 0.05) is 22.6 Å². The summed E-state index contributed by atoms with van der Waals surface area (Å²) in [7, 11) is 0. The minimum Gasteiger partial charge on any atom is -0.493 e. The van der Waals surface area contributed by atoms with Crippen molar-refractivity contribution in [1.82, 2.24) is 0 Å². The van der Waals surface area contributed by atoms with E-state index in [0.717, 1.165) is 16.6 Å². The summed E-state index contributed by atoms with van der Waals surface area (Å²) in [5.74, 6) is 1.35. The molecule has 0 aliphatic rings. The molecular weight excluding hydrogens is 377 g/mol. The average molecular weight is 391 g/mol. The van der Waals surface area contributed by atoms with Gasteiger partial charge in [0.05, 0.1) is 23.3 Å². The van der Waals surface area contributed by atoms with E-state index in [4.69, 9.17) is 38.4 Å². The fraction of sp³-hybridized carbons (Fsp3) is 0.200. The van der Waals surface area contributed by atoms with Crippen molar-refractivity contribution < 1.29 is 9.47 Å². The van der Waals surface area contributed by atoms with Crippen LogP contribution < -0.4 is 15.2 Å². The smallest absolute Gasteiger partial charge is 0.139 e. The van der Waals surface area contributed by atoms with Gasteiger partial charge in [-0.1, -0.05) is 23.2 Å². The largest absolute Gasteiger partial charge is 0.493 e. The number of nitrogens with two attached hydrogens (primary N) is 1. The lowest BCUT2D eigenvalue weighted by molar-refractivity contribution is 0.247. The number of hydrogen-bond acceptors (Lipinski definition) is 3. The van der Waals surface area contributed by atoms with Crippen LogP contribution in [0.1, 0.15) is 6.42 Å². The number of hydrogen-bond donors (Lipinski definition) is 1. The molecule has 0 spiro atoms. The van der Waals surface area contributed by atoms with Crippen molar-refractivity contribution in [3.63, 3.8) is 0 Å². The predicted molar refractivity (Wildman–Crippen MR) is 90.6 cm³/mol. The maximum atomic E-state index is 6.07. The van der Waals surface area contributed by atoms with Crippen LogP contribution in [0, 0.1) is 0 Å². The van der Waals surface area contributed by atoms with Gasteiger partial charge in [0.2, 0.25) is 0 Å². The van der Waals surface area contributed by atoms with Crippen LogP contribution in [-0.4, -0.2) is 13.2 Å². The molecule has 0 heterocycles. The first kappa shape index (κ1) is 16.3. The molecule has 0 fully saturated rings. The summed E-state index contributed by atoms with van der Waals surface area (Å²) in [5, 5.41) is 1.08. The van der Waals surface area contributed by atoms with Gasteiger partial charge < -0.3 is 15.2 Å². The van der Waals surface area contributed by atoms with Crippen LogP contribution >= 0.6 is 39.1 Å². The second kappa shape index (κ2) is 7.78. The lowest BCUT2D eigenvalue weighted by Gasteiger charge is -2.10. The van der Waals surface area contributed by atoms with Gasteiger partial charge in [-0.25, -0.2) is 0 Å². The molecule has 0 radical (unpaired) electrons. The molecule has 0 saturated carbocycles. The SMILES string of the molecule is Nc1ccc(OCCCOc2cc(Cl)c(Br)cc2Cl)cc1. The van der Waals surface area contributed by atoms with Crippen molar-refractivity contribution in [2.24, 2.45) is 0 Å². The van der Waals surface area contributed by atoms with Crippen LogP contribution in [0.5, 0.6) is 11.5 Å². The van der Waals surface area contributed by atoms with Crippen molar-refractivity contribution >= 4 is 44.8 Å². The summed E-state index contributed by atoms with van der Waals surface area (Å²) < 4.78 is 11.9. The standard InChI is InChI=1S/C15H14BrCl2NO2/c16-12-8-14(18)15(9-13(12)17)21-7-1-6-20-11-4-2-10(19)3-5-11/h2-5,8-9H,1,6-7,19H2. The predicted octanol–water partition coefficient (Wildman–Crippen LogP) is 5.19. The zero-order valence-corrected chi connectivity index (χ0v) is 14.2. The van der Waals surface area contributed by atoms with E-state index in [9.17, 15) is 0 Å². The first-order valence-electron chi connectivity index (χ1n) is 6.32. The fourth-order valence-corrected chi connectivity index (χ4v) is 2.46. The minimum atomic E-state index is 0.493. The molecule has 2 aromatic carbocycles. The third-order valence-electron chi connectivity index (χ3n) is 2.67. The van der Waals surface area contributed by atoms with Crippen molar-refractivity contribution in [2.45, 2.75) is 6.42 Å². The van der Waals surface area contributed by atoms with Crippen LogP contribution in [-0.2, 0) is 0 Å². The highest BCUT2D eigenvalue weighted by Crippen LogP contribution is 2.34. The Morgan fingerprint density at radius 3 is 2.33 bits per heavy atom. The zero-order valence-electron chi connectivity index (χ0n) is 11.1. The maximum Gasteiger partial charge on any atom is 0.139 e. The summed E-state index contributed by atoms with van der Waals surface area (Å²) >= 11 is 15.4. The molecule has 0 bridgehead atoms. The van der Waals surface area contributed by atoms with Crippen LogP contribution in [0.3, 0.4) is 0 Å². The molecule has 0 aromatic heterocycles. The molecule has 2 rings (SSSR count). The molecule has 21 heavy (non-hydrogen) atoms. The summed E-state index contributed by atoms with van der Waals surface area (Å²) in [6.07, 6.45) is 0.731. The molecule has 3 nitrogen and oxygen atoms in total. The highest BCUT2D eigenvalue weighted by Gasteiger charge is 2.06. The van der Waals surface area contributed by atoms with Crippen LogP contribution in [0.25, 0.3) is 0 Å². The Hall–Kier alpha value is -1.10. The Balaban J connectivity index is 1.75. The molecule has 2 aromatic rings. The third kappa shape index (κ3) is 4.99. The van der Waals surface area contributed by atoms with Crippen molar-refractivity contribution in [3.8, 4) is 11.5 Å². The van der Waals surface area contributed by atoms with Gasteiger partial charge in [0.25, 0.3) is 0 Å². The van der Waals surface area contributed by atoms with Gasteiger partial charge in [-0.2, -0.15) is 0 Å². The molecular formula is C15H14BrCl2NO2. The Morgan fingerprint density at radius 2 is 1.62 bits per heavy atom. The summed E-state index contributed by atoms with van der Waals surface area (Å²) in [4.78, 5) is 0. The average Bonchev–Trinajstić information content (AvgIpc) is 2.46. The van der Waals surface area contributed by atoms with Gasteiger partial charge in [-0.05, 0) is 46.3 Å². The van der Waals surface area contributed by atoms with Gasteiger partial charge in [0.1, 0.15) is 11.5 Å². The van der Waals surface area contributed by atoms with Gasteiger partial charge in [-0.3, -0.25) is 0 Å². The van der Waals surface area contributed by atoms with E-state index in [1.54, 1.807) is 24.3 Å². The van der Waals surface area contributed by atoms with E-state index in [1.807, 2.05) is 12.1 Å². The first-order valence-corrected chi connectivity index (χ1v) is 7.87. The molecule has 2 N–H and O–H groups in total. The minimum absolute atomic E-state index is 0.493. The second-order valence-electron chi connectivity index (χ2n) is 4.32. The normalized spacial score (nSPS) is 10.4. The van der Waals surface area contributed by atoms with Crippen LogP contribution in [0.15, 0.2) is 40.9 Å². The Labute approximate surface area is 142 Å². The number of ether oxygens (including phenoxy) is 2. The molecule has 112 valence electrons. The Kier molecular flexibility index (Phi) is 6.03. The van der Waals surface area contributed by atoms with Gasteiger partial charge in [-0.15, -0.1) is 0 Å². The zero-order chi connectivity index (χ0) is 15.2. The van der Waals surface area contributed by atoms with E-state index in [-0.39, 0.29) is 0 Å². The van der Waals surface area contributed by atoms with E-state index >= 15 is 0 Å². The Bertz CT molecular complexity index is 605.